The minimum absolute atomic E-state index is 0.175. The Labute approximate surface area is 190 Å². The van der Waals surface area contributed by atoms with Gasteiger partial charge in [0.25, 0.3) is 11.8 Å². The van der Waals surface area contributed by atoms with Gasteiger partial charge in [-0.05, 0) is 42.7 Å². The molecule has 1 aliphatic carbocycles. The number of carbonyl (C=O) groups is 3. The summed E-state index contributed by atoms with van der Waals surface area (Å²) < 4.78 is 15.4. The molecule has 0 spiro atoms. The van der Waals surface area contributed by atoms with Crippen LogP contribution < -0.4 is 5.32 Å². The van der Waals surface area contributed by atoms with Crippen molar-refractivity contribution in [2.75, 3.05) is 11.9 Å². The molecule has 0 atom stereocenters. The van der Waals surface area contributed by atoms with E-state index in [2.05, 4.69) is 10.4 Å². The second-order valence-electron chi connectivity index (χ2n) is 8.55. The van der Waals surface area contributed by atoms with Crippen molar-refractivity contribution in [3.05, 3.63) is 83.4 Å². The molecule has 1 aromatic heterocycles. The molecule has 8 heteroatoms. The van der Waals surface area contributed by atoms with Crippen LogP contribution in [0.15, 0.2) is 60.9 Å². The van der Waals surface area contributed by atoms with Crippen molar-refractivity contribution in [2.45, 2.75) is 37.6 Å². The summed E-state index contributed by atoms with van der Waals surface area (Å²) in [6, 6.07) is 13.0. The molecule has 0 unspecified atom stereocenters. The molecule has 2 aromatic carbocycles. The zero-order valence-corrected chi connectivity index (χ0v) is 18.0. The highest BCUT2D eigenvalue weighted by atomic mass is 19.1. The highest BCUT2D eigenvalue weighted by Gasteiger charge is 2.43. The minimum Gasteiger partial charge on any atom is -0.323 e. The van der Waals surface area contributed by atoms with Crippen molar-refractivity contribution < 1.29 is 18.8 Å². The molecule has 2 heterocycles. The summed E-state index contributed by atoms with van der Waals surface area (Å²) in [6.07, 6.45) is 6.35. The molecule has 1 saturated carbocycles. The van der Waals surface area contributed by atoms with Crippen LogP contribution in [-0.2, 0) is 16.8 Å². The largest absolute Gasteiger partial charge is 0.323 e. The maximum Gasteiger partial charge on any atom is 0.261 e. The van der Waals surface area contributed by atoms with Gasteiger partial charge in [-0.1, -0.05) is 37.1 Å². The van der Waals surface area contributed by atoms with Crippen molar-refractivity contribution in [1.82, 2.24) is 14.7 Å². The lowest BCUT2D eigenvalue weighted by Gasteiger charge is -2.28. The van der Waals surface area contributed by atoms with Crippen LogP contribution in [0, 0.1) is 5.82 Å². The van der Waals surface area contributed by atoms with Crippen LogP contribution in [0.5, 0.6) is 0 Å². The van der Waals surface area contributed by atoms with Gasteiger partial charge in [0.1, 0.15) is 5.82 Å². The SMILES string of the molecule is O=C1c2ccccc2C(=O)N1CCn1cc(NC(=O)C2(c3cccc(F)c3)CCCC2)cn1. The smallest absolute Gasteiger partial charge is 0.261 e. The topological polar surface area (TPSA) is 84.3 Å². The van der Waals surface area contributed by atoms with Crippen molar-refractivity contribution in [3.8, 4) is 0 Å². The molecule has 7 nitrogen and oxygen atoms in total. The number of benzene rings is 2. The Hall–Kier alpha value is -3.81. The number of fused-ring (bicyclic) bond motifs is 1. The van der Waals surface area contributed by atoms with Crippen LogP contribution in [0.2, 0.25) is 0 Å². The Balaban J connectivity index is 1.26. The third-order valence-electron chi connectivity index (χ3n) is 6.59. The lowest BCUT2D eigenvalue weighted by atomic mass is 9.78. The molecule has 5 rings (SSSR count). The van der Waals surface area contributed by atoms with Crippen LogP contribution in [0.1, 0.15) is 52.0 Å². The summed E-state index contributed by atoms with van der Waals surface area (Å²) in [5.41, 5.74) is 1.27. The summed E-state index contributed by atoms with van der Waals surface area (Å²) in [7, 11) is 0. The molecule has 1 N–H and O–H groups in total. The van der Waals surface area contributed by atoms with E-state index < -0.39 is 5.41 Å². The van der Waals surface area contributed by atoms with Gasteiger partial charge in [0.2, 0.25) is 5.91 Å². The van der Waals surface area contributed by atoms with E-state index in [9.17, 15) is 18.8 Å². The number of hydrogen-bond acceptors (Lipinski definition) is 4. The number of carbonyl (C=O) groups excluding carboxylic acids is 3. The van der Waals surface area contributed by atoms with Gasteiger partial charge in [0, 0.05) is 12.7 Å². The van der Waals surface area contributed by atoms with E-state index in [-0.39, 0.29) is 30.1 Å². The van der Waals surface area contributed by atoms with E-state index in [1.54, 1.807) is 47.3 Å². The number of halogens is 1. The Kier molecular flexibility index (Phi) is 5.28. The first-order chi connectivity index (χ1) is 16.0. The second-order valence-corrected chi connectivity index (χ2v) is 8.55. The zero-order valence-electron chi connectivity index (χ0n) is 18.0. The molecule has 168 valence electrons. The lowest BCUT2D eigenvalue weighted by Crippen LogP contribution is -2.38. The quantitative estimate of drug-likeness (QED) is 0.585. The van der Waals surface area contributed by atoms with Crippen molar-refractivity contribution in [1.29, 1.82) is 0 Å². The highest BCUT2D eigenvalue weighted by molar-refractivity contribution is 6.21. The van der Waals surface area contributed by atoms with E-state index in [1.807, 2.05) is 0 Å². The van der Waals surface area contributed by atoms with Gasteiger partial charge in [-0.2, -0.15) is 5.10 Å². The standard InChI is InChI=1S/C25H23FN4O3/c26-18-7-5-6-17(14-18)25(10-3-4-11-25)24(33)28-19-15-27-29(16-19)12-13-30-22(31)20-8-1-2-9-21(20)23(30)32/h1-2,5-9,14-16H,3-4,10-13H2,(H,28,33). The fraction of sp³-hybridized carbons (Fsp3) is 0.280. The van der Waals surface area contributed by atoms with Gasteiger partial charge in [-0.15, -0.1) is 0 Å². The molecule has 3 amide bonds. The predicted molar refractivity (Wildman–Crippen MR) is 119 cm³/mol. The molecule has 0 saturated heterocycles. The van der Waals surface area contributed by atoms with E-state index in [0.717, 1.165) is 12.8 Å². The molecule has 33 heavy (non-hydrogen) atoms. The van der Waals surface area contributed by atoms with Crippen LogP contribution >= 0.6 is 0 Å². The van der Waals surface area contributed by atoms with Crippen LogP contribution in [-0.4, -0.2) is 38.9 Å². The molecular formula is C25H23FN4O3. The van der Waals surface area contributed by atoms with Gasteiger partial charge >= 0.3 is 0 Å². The number of rotatable bonds is 6. The summed E-state index contributed by atoms with van der Waals surface area (Å²) in [6.45, 7) is 0.477. The second kappa shape index (κ2) is 8.27. The average Bonchev–Trinajstić information content (AvgIpc) is 3.54. The first-order valence-corrected chi connectivity index (χ1v) is 11.0. The molecule has 0 radical (unpaired) electrons. The normalized spacial score (nSPS) is 16.8. The maximum atomic E-state index is 13.8. The number of aromatic nitrogens is 2. The first-order valence-electron chi connectivity index (χ1n) is 11.0. The number of nitrogens with one attached hydrogen (secondary N) is 1. The molecule has 1 aliphatic heterocycles. The number of imide groups is 1. The number of amides is 3. The number of hydrogen-bond donors (Lipinski definition) is 1. The summed E-state index contributed by atoms with van der Waals surface area (Å²) in [4.78, 5) is 39.5. The summed E-state index contributed by atoms with van der Waals surface area (Å²) in [5.74, 6) is -1.15. The van der Waals surface area contributed by atoms with Gasteiger partial charge in [-0.25, -0.2) is 4.39 Å². The Morgan fingerprint density at radius 3 is 2.36 bits per heavy atom. The third-order valence-corrected chi connectivity index (χ3v) is 6.59. The van der Waals surface area contributed by atoms with Gasteiger partial charge < -0.3 is 5.32 Å². The lowest BCUT2D eigenvalue weighted by molar-refractivity contribution is -0.121. The van der Waals surface area contributed by atoms with E-state index in [1.165, 1.54) is 23.2 Å². The third kappa shape index (κ3) is 3.71. The Bertz CT molecular complexity index is 1210. The Morgan fingerprint density at radius 2 is 1.70 bits per heavy atom. The maximum absolute atomic E-state index is 13.8. The number of nitrogens with zero attached hydrogens (tertiary/aromatic N) is 3. The monoisotopic (exact) mass is 446 g/mol. The fourth-order valence-corrected chi connectivity index (χ4v) is 4.86. The minimum atomic E-state index is -0.760. The molecule has 1 fully saturated rings. The predicted octanol–water partition coefficient (Wildman–Crippen LogP) is 3.77. The molecule has 3 aromatic rings. The van der Waals surface area contributed by atoms with Gasteiger partial charge in [-0.3, -0.25) is 24.0 Å². The van der Waals surface area contributed by atoms with Crippen LogP contribution in [0.4, 0.5) is 10.1 Å². The summed E-state index contributed by atoms with van der Waals surface area (Å²) in [5, 5.41) is 7.19. The zero-order chi connectivity index (χ0) is 23.0. The van der Waals surface area contributed by atoms with Gasteiger partial charge in [0.05, 0.1) is 35.0 Å². The number of anilines is 1. The van der Waals surface area contributed by atoms with E-state index in [0.29, 0.717) is 41.8 Å². The molecule has 0 bridgehead atoms. The average molecular weight is 446 g/mol. The van der Waals surface area contributed by atoms with Crippen molar-refractivity contribution in [2.24, 2.45) is 0 Å². The Morgan fingerprint density at radius 1 is 1.00 bits per heavy atom. The van der Waals surface area contributed by atoms with Gasteiger partial charge in [0.15, 0.2) is 0 Å². The van der Waals surface area contributed by atoms with Crippen molar-refractivity contribution in [3.63, 3.8) is 0 Å². The fourth-order valence-electron chi connectivity index (χ4n) is 4.86. The first kappa shape index (κ1) is 21.1. The van der Waals surface area contributed by atoms with E-state index in [4.69, 9.17) is 0 Å². The molecule has 2 aliphatic rings. The molecular weight excluding hydrogens is 423 g/mol. The highest BCUT2D eigenvalue weighted by Crippen LogP contribution is 2.42. The van der Waals surface area contributed by atoms with E-state index >= 15 is 0 Å². The van der Waals surface area contributed by atoms with Crippen molar-refractivity contribution >= 4 is 23.4 Å². The van der Waals surface area contributed by atoms with Crippen LogP contribution in [0.25, 0.3) is 0 Å². The van der Waals surface area contributed by atoms with Crippen LogP contribution in [0.3, 0.4) is 0 Å². The summed E-state index contributed by atoms with van der Waals surface area (Å²) >= 11 is 0.